The standard InChI is InChI=1S/C20H22N4O/c1-14(2)21-19-13-15(3)22-20(24-19)23-17-11-7-8-12-18(17)25-16-9-5-4-6-10-16/h4-14H,1-3H3,(H2,21,22,23,24). The fourth-order valence-corrected chi connectivity index (χ4v) is 2.39. The minimum absolute atomic E-state index is 0.302. The summed E-state index contributed by atoms with van der Waals surface area (Å²) >= 11 is 0. The predicted octanol–water partition coefficient (Wildman–Crippen LogP) is 5.14. The first kappa shape index (κ1) is 16.8. The molecule has 1 heterocycles. The Balaban J connectivity index is 1.85. The maximum atomic E-state index is 5.97. The molecule has 0 bridgehead atoms. The summed E-state index contributed by atoms with van der Waals surface area (Å²) in [6.07, 6.45) is 0. The molecule has 0 atom stereocenters. The van der Waals surface area contributed by atoms with Crippen molar-refractivity contribution in [3.63, 3.8) is 0 Å². The molecule has 0 saturated carbocycles. The molecule has 0 amide bonds. The highest BCUT2D eigenvalue weighted by Crippen LogP contribution is 2.30. The molecule has 3 aromatic rings. The number of nitrogens with zero attached hydrogens (tertiary/aromatic N) is 2. The van der Waals surface area contributed by atoms with Crippen molar-refractivity contribution in [3.8, 4) is 11.5 Å². The monoisotopic (exact) mass is 334 g/mol. The van der Waals surface area contributed by atoms with Crippen molar-refractivity contribution < 1.29 is 4.74 Å². The normalized spacial score (nSPS) is 10.6. The van der Waals surface area contributed by atoms with E-state index in [-0.39, 0.29) is 0 Å². The zero-order chi connectivity index (χ0) is 17.6. The first-order chi connectivity index (χ1) is 12.1. The van der Waals surface area contributed by atoms with E-state index in [4.69, 9.17) is 4.74 Å². The van der Waals surface area contributed by atoms with Gasteiger partial charge in [-0.25, -0.2) is 4.98 Å². The Morgan fingerprint density at radius 2 is 1.64 bits per heavy atom. The largest absolute Gasteiger partial charge is 0.455 e. The van der Waals surface area contributed by atoms with Gasteiger partial charge < -0.3 is 15.4 Å². The summed E-state index contributed by atoms with van der Waals surface area (Å²) in [5.41, 5.74) is 1.70. The molecule has 1 aromatic heterocycles. The van der Waals surface area contributed by atoms with Gasteiger partial charge in [-0.15, -0.1) is 0 Å². The number of nitrogens with one attached hydrogen (secondary N) is 2. The predicted molar refractivity (Wildman–Crippen MR) is 102 cm³/mol. The van der Waals surface area contributed by atoms with Crippen molar-refractivity contribution in [3.05, 3.63) is 66.4 Å². The van der Waals surface area contributed by atoms with Crippen molar-refractivity contribution in [2.75, 3.05) is 10.6 Å². The quantitative estimate of drug-likeness (QED) is 0.653. The Hall–Kier alpha value is -3.08. The third-order valence-corrected chi connectivity index (χ3v) is 3.40. The highest BCUT2D eigenvalue weighted by atomic mass is 16.5. The third kappa shape index (κ3) is 4.70. The van der Waals surface area contributed by atoms with E-state index in [1.165, 1.54) is 0 Å². The van der Waals surface area contributed by atoms with Crippen LogP contribution in [-0.4, -0.2) is 16.0 Å². The Kier molecular flexibility index (Phi) is 5.14. The molecule has 0 spiro atoms. The van der Waals surface area contributed by atoms with Crippen LogP contribution in [0.3, 0.4) is 0 Å². The number of aryl methyl sites for hydroxylation is 1. The van der Waals surface area contributed by atoms with Crippen molar-refractivity contribution in [2.24, 2.45) is 0 Å². The van der Waals surface area contributed by atoms with Gasteiger partial charge in [-0.2, -0.15) is 4.98 Å². The lowest BCUT2D eigenvalue weighted by Gasteiger charge is -2.14. The second-order valence-corrected chi connectivity index (χ2v) is 6.05. The molecule has 128 valence electrons. The average molecular weight is 334 g/mol. The summed E-state index contributed by atoms with van der Waals surface area (Å²) in [4.78, 5) is 9.00. The van der Waals surface area contributed by atoms with E-state index in [1.807, 2.05) is 67.6 Å². The molecular weight excluding hydrogens is 312 g/mol. The van der Waals surface area contributed by atoms with Crippen LogP contribution in [0, 0.1) is 6.92 Å². The van der Waals surface area contributed by atoms with Crippen LogP contribution in [0.1, 0.15) is 19.5 Å². The van der Waals surface area contributed by atoms with Gasteiger partial charge in [0.25, 0.3) is 0 Å². The van der Waals surface area contributed by atoms with Crippen LogP contribution < -0.4 is 15.4 Å². The Morgan fingerprint density at radius 3 is 2.40 bits per heavy atom. The second-order valence-electron chi connectivity index (χ2n) is 6.05. The van der Waals surface area contributed by atoms with E-state index >= 15 is 0 Å². The fraction of sp³-hybridized carbons (Fsp3) is 0.200. The van der Waals surface area contributed by atoms with Crippen LogP contribution in [0.25, 0.3) is 0 Å². The summed E-state index contributed by atoms with van der Waals surface area (Å²) in [5, 5.41) is 6.56. The zero-order valence-corrected chi connectivity index (χ0v) is 14.7. The van der Waals surface area contributed by atoms with Crippen molar-refractivity contribution in [1.29, 1.82) is 0 Å². The average Bonchev–Trinajstić information content (AvgIpc) is 2.56. The molecule has 2 aromatic carbocycles. The Labute approximate surface area is 148 Å². The van der Waals surface area contributed by atoms with Crippen LogP contribution >= 0.6 is 0 Å². The summed E-state index contributed by atoms with van der Waals surface area (Å²) in [6.45, 7) is 6.10. The second kappa shape index (κ2) is 7.66. The molecule has 0 aliphatic heterocycles. The molecule has 2 N–H and O–H groups in total. The van der Waals surface area contributed by atoms with Crippen LogP contribution in [0.5, 0.6) is 11.5 Å². The van der Waals surface area contributed by atoms with Gasteiger partial charge in [0.2, 0.25) is 5.95 Å². The van der Waals surface area contributed by atoms with Crippen LogP contribution in [0.4, 0.5) is 17.5 Å². The summed E-state index contributed by atoms with van der Waals surface area (Å²) in [5.74, 6) is 2.83. The maximum Gasteiger partial charge on any atom is 0.229 e. The molecule has 25 heavy (non-hydrogen) atoms. The highest BCUT2D eigenvalue weighted by Gasteiger charge is 2.08. The van der Waals surface area contributed by atoms with E-state index in [0.717, 1.165) is 28.7 Å². The molecule has 5 nitrogen and oxygen atoms in total. The van der Waals surface area contributed by atoms with Crippen LogP contribution in [0.2, 0.25) is 0 Å². The van der Waals surface area contributed by atoms with Gasteiger partial charge >= 0.3 is 0 Å². The number of para-hydroxylation sites is 3. The zero-order valence-electron chi connectivity index (χ0n) is 14.7. The molecule has 0 aliphatic rings. The number of hydrogen-bond acceptors (Lipinski definition) is 5. The number of benzene rings is 2. The SMILES string of the molecule is Cc1cc(NC(C)C)nc(Nc2ccccc2Oc2ccccc2)n1. The van der Waals surface area contributed by atoms with Gasteiger partial charge in [-0.05, 0) is 45.0 Å². The molecule has 5 heteroatoms. The number of hydrogen-bond donors (Lipinski definition) is 2. The van der Waals surface area contributed by atoms with Crippen LogP contribution in [-0.2, 0) is 0 Å². The first-order valence-electron chi connectivity index (χ1n) is 8.31. The van der Waals surface area contributed by atoms with Crippen molar-refractivity contribution in [2.45, 2.75) is 26.8 Å². The van der Waals surface area contributed by atoms with Crippen molar-refractivity contribution in [1.82, 2.24) is 9.97 Å². The third-order valence-electron chi connectivity index (χ3n) is 3.40. The molecule has 0 radical (unpaired) electrons. The minimum atomic E-state index is 0.302. The molecule has 0 aliphatic carbocycles. The topological polar surface area (TPSA) is 59.1 Å². The summed E-state index contributed by atoms with van der Waals surface area (Å²) < 4.78 is 5.97. The highest BCUT2D eigenvalue weighted by molar-refractivity contribution is 5.64. The Morgan fingerprint density at radius 1 is 0.920 bits per heavy atom. The number of ether oxygens (including phenoxy) is 1. The van der Waals surface area contributed by atoms with Crippen molar-refractivity contribution >= 4 is 17.5 Å². The molecular formula is C20H22N4O. The lowest BCUT2D eigenvalue weighted by molar-refractivity contribution is 0.485. The van der Waals surface area contributed by atoms with E-state index < -0.39 is 0 Å². The number of anilines is 3. The number of rotatable bonds is 6. The van der Waals surface area contributed by atoms with Crippen LogP contribution in [0.15, 0.2) is 60.7 Å². The number of aromatic nitrogens is 2. The molecule has 3 rings (SSSR count). The van der Waals surface area contributed by atoms with Gasteiger partial charge in [-0.3, -0.25) is 0 Å². The van der Waals surface area contributed by atoms with E-state index in [1.54, 1.807) is 0 Å². The van der Waals surface area contributed by atoms with Gasteiger partial charge in [-0.1, -0.05) is 30.3 Å². The lowest BCUT2D eigenvalue weighted by Crippen LogP contribution is -2.12. The molecule has 0 unspecified atom stereocenters. The Bertz CT molecular complexity index is 834. The summed E-state index contributed by atoms with van der Waals surface area (Å²) in [7, 11) is 0. The fourth-order valence-electron chi connectivity index (χ4n) is 2.39. The van der Waals surface area contributed by atoms with Gasteiger partial charge in [0.1, 0.15) is 11.6 Å². The minimum Gasteiger partial charge on any atom is -0.455 e. The van der Waals surface area contributed by atoms with Gasteiger partial charge in [0, 0.05) is 17.8 Å². The smallest absolute Gasteiger partial charge is 0.229 e. The molecule has 0 fully saturated rings. The molecule has 0 saturated heterocycles. The van der Waals surface area contributed by atoms with Gasteiger partial charge in [0.15, 0.2) is 5.75 Å². The van der Waals surface area contributed by atoms with Gasteiger partial charge in [0.05, 0.1) is 5.69 Å². The lowest BCUT2D eigenvalue weighted by atomic mass is 10.3. The first-order valence-corrected chi connectivity index (χ1v) is 8.31. The summed E-state index contributed by atoms with van der Waals surface area (Å²) in [6, 6.07) is 19.7. The van der Waals surface area contributed by atoms with E-state index in [2.05, 4.69) is 34.4 Å². The maximum absolute atomic E-state index is 5.97. The van der Waals surface area contributed by atoms with E-state index in [9.17, 15) is 0 Å². The van der Waals surface area contributed by atoms with E-state index in [0.29, 0.717) is 12.0 Å².